The second-order valence-electron chi connectivity index (χ2n) is 5.97. The molecule has 26 heavy (non-hydrogen) atoms. The number of hydrogen-bond acceptors (Lipinski definition) is 7. The molecule has 0 bridgehead atoms. The average molecular weight is 359 g/mol. The molecule has 0 spiro atoms. The van der Waals surface area contributed by atoms with Crippen LogP contribution >= 0.6 is 0 Å². The van der Waals surface area contributed by atoms with Crippen LogP contribution in [0.2, 0.25) is 0 Å². The molecule has 0 aliphatic carbocycles. The Morgan fingerprint density at radius 1 is 1.12 bits per heavy atom. The molecule has 0 aliphatic rings. The van der Waals surface area contributed by atoms with Crippen molar-refractivity contribution in [1.82, 2.24) is 14.9 Å². The Morgan fingerprint density at radius 2 is 1.85 bits per heavy atom. The number of nitrogens with zero attached hydrogens (tertiary/aromatic N) is 3. The van der Waals surface area contributed by atoms with Crippen LogP contribution in [0.25, 0.3) is 0 Å². The maximum atomic E-state index is 12.5. The number of aryl methyl sites for hydroxylation is 1. The molecule has 8 heteroatoms. The molecule has 8 nitrogen and oxygen atoms in total. The fourth-order valence-corrected chi connectivity index (χ4v) is 2.26. The van der Waals surface area contributed by atoms with Crippen LogP contribution in [0, 0.1) is 6.92 Å². The summed E-state index contributed by atoms with van der Waals surface area (Å²) in [6.45, 7) is 3.35. The lowest BCUT2D eigenvalue weighted by Crippen LogP contribution is -2.22. The molecule has 0 fully saturated rings. The van der Waals surface area contributed by atoms with Crippen LogP contribution in [0.1, 0.15) is 16.2 Å². The lowest BCUT2D eigenvalue weighted by Gasteiger charge is -2.12. The van der Waals surface area contributed by atoms with Gasteiger partial charge in [-0.15, -0.1) is 0 Å². The van der Waals surface area contributed by atoms with Gasteiger partial charge in [0.05, 0.1) is 14.2 Å². The van der Waals surface area contributed by atoms with Crippen LogP contribution in [0.15, 0.2) is 24.3 Å². The topological polar surface area (TPSA) is 88.6 Å². The monoisotopic (exact) mass is 359 g/mol. The van der Waals surface area contributed by atoms with E-state index < -0.39 is 0 Å². The molecule has 2 N–H and O–H groups in total. The van der Waals surface area contributed by atoms with Gasteiger partial charge in [0.2, 0.25) is 5.95 Å². The molecule has 1 aromatic heterocycles. The highest BCUT2D eigenvalue weighted by atomic mass is 16.5. The molecule has 140 valence electrons. The summed E-state index contributed by atoms with van der Waals surface area (Å²) in [5, 5.41) is 5.94. The minimum atomic E-state index is -0.321. The van der Waals surface area contributed by atoms with E-state index in [0.29, 0.717) is 41.1 Å². The summed E-state index contributed by atoms with van der Waals surface area (Å²) in [6, 6.07) is 6.81. The number of carbonyl (C=O) groups excluding carboxylic acids is 1. The van der Waals surface area contributed by atoms with Gasteiger partial charge in [0, 0.05) is 30.5 Å². The molecule has 1 heterocycles. The zero-order valence-corrected chi connectivity index (χ0v) is 15.8. The van der Waals surface area contributed by atoms with E-state index in [1.54, 1.807) is 38.5 Å². The zero-order valence-electron chi connectivity index (χ0n) is 15.8. The Labute approximate surface area is 153 Å². The van der Waals surface area contributed by atoms with Crippen molar-refractivity contribution in [3.8, 4) is 11.5 Å². The first-order valence-electron chi connectivity index (χ1n) is 8.20. The van der Waals surface area contributed by atoms with E-state index in [1.165, 1.54) is 0 Å². The number of ether oxygens (including phenoxy) is 2. The number of aromatic nitrogens is 2. The average Bonchev–Trinajstić information content (AvgIpc) is 2.60. The predicted octanol–water partition coefficient (Wildman–Crippen LogP) is 2.03. The van der Waals surface area contributed by atoms with Crippen molar-refractivity contribution in [3.05, 3.63) is 35.7 Å². The van der Waals surface area contributed by atoms with E-state index >= 15 is 0 Å². The van der Waals surface area contributed by atoms with Gasteiger partial charge in [-0.2, -0.15) is 0 Å². The van der Waals surface area contributed by atoms with Crippen LogP contribution in [-0.2, 0) is 0 Å². The first kappa shape index (κ1) is 19.5. The summed E-state index contributed by atoms with van der Waals surface area (Å²) in [5.41, 5.74) is 1.59. The SMILES string of the molecule is COc1ccc(NC(=O)c2cc(C)nc(NCCN(C)C)n2)cc1OC. The Hall–Kier alpha value is -2.87. The maximum Gasteiger partial charge on any atom is 0.274 e. The fourth-order valence-electron chi connectivity index (χ4n) is 2.26. The standard InChI is InChI=1S/C18H25N5O3/c1-12-10-14(22-18(20-12)19-8-9-23(2)3)17(24)21-13-6-7-15(25-4)16(11-13)26-5/h6-7,10-11H,8-9H2,1-5H3,(H,21,24)(H,19,20,22). The van der Waals surface area contributed by atoms with Crippen molar-refractivity contribution >= 4 is 17.5 Å². The molecule has 0 aliphatic heterocycles. The molecule has 1 aromatic carbocycles. The van der Waals surface area contributed by atoms with Gasteiger partial charge < -0.3 is 25.0 Å². The van der Waals surface area contributed by atoms with E-state index in [1.807, 2.05) is 25.9 Å². The Bertz CT molecular complexity index is 764. The molecule has 2 aromatic rings. The van der Waals surface area contributed by atoms with Crippen molar-refractivity contribution < 1.29 is 14.3 Å². The van der Waals surface area contributed by atoms with Crippen molar-refractivity contribution in [3.63, 3.8) is 0 Å². The van der Waals surface area contributed by atoms with E-state index in [4.69, 9.17) is 9.47 Å². The minimum Gasteiger partial charge on any atom is -0.493 e. The summed E-state index contributed by atoms with van der Waals surface area (Å²) in [5.74, 6) is 1.24. The number of methoxy groups -OCH3 is 2. The molecule has 0 saturated heterocycles. The number of carbonyl (C=O) groups is 1. The molecule has 0 unspecified atom stereocenters. The van der Waals surface area contributed by atoms with E-state index in [9.17, 15) is 4.79 Å². The first-order chi connectivity index (χ1) is 12.4. The van der Waals surface area contributed by atoms with Crippen molar-refractivity contribution in [2.24, 2.45) is 0 Å². The quantitative estimate of drug-likeness (QED) is 0.745. The highest BCUT2D eigenvalue weighted by Gasteiger charge is 2.13. The highest BCUT2D eigenvalue weighted by molar-refractivity contribution is 6.03. The van der Waals surface area contributed by atoms with Gasteiger partial charge in [0.1, 0.15) is 5.69 Å². The third-order valence-corrected chi connectivity index (χ3v) is 3.57. The number of nitrogens with one attached hydrogen (secondary N) is 2. The van der Waals surface area contributed by atoms with Crippen LogP contribution < -0.4 is 20.1 Å². The molecule has 0 saturated carbocycles. The second-order valence-corrected chi connectivity index (χ2v) is 5.97. The highest BCUT2D eigenvalue weighted by Crippen LogP contribution is 2.29. The normalized spacial score (nSPS) is 10.5. The number of hydrogen-bond donors (Lipinski definition) is 2. The van der Waals surface area contributed by atoms with Crippen LogP contribution in [0.3, 0.4) is 0 Å². The number of likely N-dealkylation sites (N-methyl/N-ethyl adjacent to an activating group) is 1. The summed E-state index contributed by atoms with van der Waals surface area (Å²) in [6.07, 6.45) is 0. The number of anilines is 2. The second kappa shape index (κ2) is 9.00. The summed E-state index contributed by atoms with van der Waals surface area (Å²) < 4.78 is 10.4. The van der Waals surface area contributed by atoms with E-state index in [0.717, 1.165) is 6.54 Å². The molecular weight excluding hydrogens is 334 g/mol. The Morgan fingerprint density at radius 3 is 2.50 bits per heavy atom. The van der Waals surface area contributed by atoms with Gasteiger partial charge in [-0.05, 0) is 39.2 Å². The minimum absolute atomic E-state index is 0.291. The van der Waals surface area contributed by atoms with E-state index in [2.05, 4.69) is 20.6 Å². The largest absolute Gasteiger partial charge is 0.493 e. The molecule has 1 amide bonds. The fraction of sp³-hybridized carbons (Fsp3) is 0.389. The third kappa shape index (κ3) is 5.32. The van der Waals surface area contributed by atoms with Gasteiger partial charge in [-0.1, -0.05) is 0 Å². The van der Waals surface area contributed by atoms with Gasteiger partial charge in [-0.3, -0.25) is 4.79 Å². The number of amides is 1. The van der Waals surface area contributed by atoms with Gasteiger partial charge in [0.25, 0.3) is 5.91 Å². The van der Waals surface area contributed by atoms with Gasteiger partial charge >= 0.3 is 0 Å². The first-order valence-corrected chi connectivity index (χ1v) is 8.20. The maximum absolute atomic E-state index is 12.5. The molecule has 0 atom stereocenters. The van der Waals surface area contributed by atoms with Gasteiger partial charge in [0.15, 0.2) is 11.5 Å². The van der Waals surface area contributed by atoms with Crippen LogP contribution in [0.4, 0.5) is 11.6 Å². The lowest BCUT2D eigenvalue weighted by molar-refractivity contribution is 0.102. The van der Waals surface area contributed by atoms with Crippen LogP contribution in [0.5, 0.6) is 11.5 Å². The Kier molecular flexibility index (Phi) is 6.74. The van der Waals surface area contributed by atoms with Crippen molar-refractivity contribution in [2.75, 3.05) is 52.0 Å². The number of rotatable bonds is 8. The van der Waals surface area contributed by atoms with E-state index in [-0.39, 0.29) is 5.91 Å². The van der Waals surface area contributed by atoms with Gasteiger partial charge in [-0.25, -0.2) is 9.97 Å². The zero-order chi connectivity index (χ0) is 19.1. The predicted molar refractivity (Wildman–Crippen MR) is 101 cm³/mol. The summed E-state index contributed by atoms with van der Waals surface area (Å²) in [7, 11) is 7.08. The smallest absolute Gasteiger partial charge is 0.274 e. The van der Waals surface area contributed by atoms with Crippen LogP contribution in [-0.4, -0.2) is 62.2 Å². The van der Waals surface area contributed by atoms with Crippen molar-refractivity contribution in [2.45, 2.75) is 6.92 Å². The number of benzene rings is 1. The summed E-state index contributed by atoms with van der Waals surface area (Å²) in [4.78, 5) is 23.2. The molecule has 0 radical (unpaired) electrons. The molecular formula is C18H25N5O3. The Balaban J connectivity index is 2.12. The lowest BCUT2D eigenvalue weighted by atomic mass is 10.2. The summed E-state index contributed by atoms with van der Waals surface area (Å²) >= 11 is 0. The molecule has 2 rings (SSSR count). The van der Waals surface area contributed by atoms with Crippen molar-refractivity contribution in [1.29, 1.82) is 0 Å². The third-order valence-electron chi connectivity index (χ3n) is 3.57.